The first-order chi connectivity index (χ1) is 7.25. The summed E-state index contributed by atoms with van der Waals surface area (Å²) in [6.07, 6.45) is 2.17. The fourth-order valence-electron chi connectivity index (χ4n) is 1.19. The summed E-state index contributed by atoms with van der Waals surface area (Å²) in [4.78, 5) is 4.38. The second kappa shape index (κ2) is 4.53. The molecule has 78 valence electrons. The summed E-state index contributed by atoms with van der Waals surface area (Å²) < 4.78 is 5.57. The highest BCUT2D eigenvalue weighted by Crippen LogP contribution is 2.23. The highest BCUT2D eigenvalue weighted by molar-refractivity contribution is 7.99. The van der Waals surface area contributed by atoms with Crippen molar-refractivity contribution in [1.82, 2.24) is 4.98 Å². The SMILES string of the molecule is CC(C)=CCSc1nc2ccccc2o1. The molecule has 0 fully saturated rings. The van der Waals surface area contributed by atoms with E-state index in [9.17, 15) is 0 Å². The van der Waals surface area contributed by atoms with Gasteiger partial charge in [0, 0.05) is 5.75 Å². The number of thioether (sulfide) groups is 1. The van der Waals surface area contributed by atoms with Gasteiger partial charge in [-0.15, -0.1) is 0 Å². The number of oxazole rings is 1. The van der Waals surface area contributed by atoms with Gasteiger partial charge in [0.05, 0.1) is 0 Å². The van der Waals surface area contributed by atoms with Crippen molar-refractivity contribution in [2.45, 2.75) is 19.1 Å². The van der Waals surface area contributed by atoms with Gasteiger partial charge in [0.15, 0.2) is 5.58 Å². The lowest BCUT2D eigenvalue weighted by Crippen LogP contribution is -1.74. The number of aromatic nitrogens is 1. The van der Waals surface area contributed by atoms with Gasteiger partial charge < -0.3 is 4.42 Å². The number of hydrogen-bond acceptors (Lipinski definition) is 3. The maximum Gasteiger partial charge on any atom is 0.257 e. The molecule has 15 heavy (non-hydrogen) atoms. The van der Waals surface area contributed by atoms with Crippen LogP contribution in [0.1, 0.15) is 13.8 Å². The molecule has 0 aliphatic rings. The van der Waals surface area contributed by atoms with E-state index in [4.69, 9.17) is 4.42 Å². The molecule has 2 aromatic rings. The number of hydrogen-bond donors (Lipinski definition) is 0. The lowest BCUT2D eigenvalue weighted by molar-refractivity contribution is 0.490. The number of allylic oxidation sites excluding steroid dienone is 1. The Hall–Kier alpha value is -1.22. The molecular weight excluding hydrogens is 206 g/mol. The van der Waals surface area contributed by atoms with Crippen molar-refractivity contribution in [2.24, 2.45) is 0 Å². The van der Waals surface area contributed by atoms with E-state index in [-0.39, 0.29) is 0 Å². The minimum absolute atomic E-state index is 0.744. The smallest absolute Gasteiger partial charge is 0.257 e. The molecule has 0 spiro atoms. The van der Waals surface area contributed by atoms with Crippen LogP contribution in [0.15, 0.2) is 45.6 Å². The van der Waals surface area contributed by atoms with Crippen LogP contribution < -0.4 is 0 Å². The van der Waals surface area contributed by atoms with Gasteiger partial charge in [-0.25, -0.2) is 4.98 Å². The van der Waals surface area contributed by atoms with Gasteiger partial charge in [-0.1, -0.05) is 35.5 Å². The van der Waals surface area contributed by atoms with Gasteiger partial charge in [0.1, 0.15) is 5.52 Å². The zero-order chi connectivity index (χ0) is 10.7. The van der Waals surface area contributed by atoms with E-state index in [1.165, 1.54) is 5.57 Å². The number of fused-ring (bicyclic) bond motifs is 1. The molecule has 1 aromatic heterocycles. The molecule has 2 rings (SSSR count). The maximum atomic E-state index is 5.57. The molecule has 0 saturated heterocycles. The van der Waals surface area contributed by atoms with Crippen LogP contribution in [0.25, 0.3) is 11.1 Å². The summed E-state index contributed by atoms with van der Waals surface area (Å²) in [6.45, 7) is 4.18. The Labute approximate surface area is 93.4 Å². The second-order valence-electron chi connectivity index (χ2n) is 3.54. The van der Waals surface area contributed by atoms with Gasteiger partial charge in [0.2, 0.25) is 0 Å². The summed E-state index contributed by atoms with van der Waals surface area (Å²) >= 11 is 1.62. The standard InChI is InChI=1S/C12H13NOS/c1-9(2)7-8-15-12-13-10-5-3-4-6-11(10)14-12/h3-7H,8H2,1-2H3. The van der Waals surface area contributed by atoms with Crippen molar-refractivity contribution in [1.29, 1.82) is 0 Å². The molecule has 0 saturated carbocycles. The molecule has 0 atom stereocenters. The van der Waals surface area contributed by atoms with Gasteiger partial charge >= 0.3 is 0 Å². The highest BCUT2D eigenvalue weighted by Gasteiger charge is 2.03. The van der Waals surface area contributed by atoms with Crippen molar-refractivity contribution in [3.8, 4) is 0 Å². The van der Waals surface area contributed by atoms with Crippen molar-refractivity contribution in [3.63, 3.8) is 0 Å². The maximum absolute atomic E-state index is 5.57. The quantitative estimate of drug-likeness (QED) is 0.578. The number of rotatable bonds is 3. The Morgan fingerprint density at radius 1 is 1.40 bits per heavy atom. The van der Waals surface area contributed by atoms with E-state index in [1.54, 1.807) is 11.8 Å². The first-order valence-electron chi connectivity index (χ1n) is 4.87. The van der Waals surface area contributed by atoms with Crippen molar-refractivity contribution in [3.05, 3.63) is 35.9 Å². The Kier molecular flexibility index (Phi) is 3.11. The molecule has 2 nitrogen and oxygen atoms in total. The zero-order valence-corrected chi connectivity index (χ0v) is 9.67. The summed E-state index contributed by atoms with van der Waals surface area (Å²) in [5.41, 5.74) is 3.10. The number of para-hydroxylation sites is 2. The monoisotopic (exact) mass is 219 g/mol. The first kappa shape index (κ1) is 10.3. The summed E-state index contributed by atoms with van der Waals surface area (Å²) in [7, 11) is 0. The van der Waals surface area contributed by atoms with Gasteiger partial charge in [-0.3, -0.25) is 0 Å². The van der Waals surface area contributed by atoms with Crippen LogP contribution in [0, 0.1) is 0 Å². The van der Waals surface area contributed by atoms with Crippen LogP contribution in [0.2, 0.25) is 0 Å². The Balaban J connectivity index is 2.12. The highest BCUT2D eigenvalue weighted by atomic mass is 32.2. The van der Waals surface area contributed by atoms with Crippen molar-refractivity contribution >= 4 is 22.9 Å². The third-order valence-electron chi connectivity index (χ3n) is 1.97. The average Bonchev–Trinajstić information content (AvgIpc) is 2.59. The minimum Gasteiger partial charge on any atom is -0.431 e. The Morgan fingerprint density at radius 2 is 2.20 bits per heavy atom. The van der Waals surface area contributed by atoms with E-state index in [0.29, 0.717) is 0 Å². The van der Waals surface area contributed by atoms with Crippen LogP contribution in [0.5, 0.6) is 0 Å². The summed E-state index contributed by atoms with van der Waals surface area (Å²) in [5, 5.41) is 0.744. The van der Waals surface area contributed by atoms with Gasteiger partial charge in [-0.2, -0.15) is 0 Å². The second-order valence-corrected chi connectivity index (χ2v) is 4.51. The predicted molar refractivity (Wildman–Crippen MR) is 64.2 cm³/mol. The summed E-state index contributed by atoms with van der Waals surface area (Å²) in [5.74, 6) is 0.912. The Morgan fingerprint density at radius 3 is 2.93 bits per heavy atom. The topological polar surface area (TPSA) is 26.0 Å². The molecule has 0 aliphatic carbocycles. The van der Waals surface area contributed by atoms with Crippen LogP contribution in [0.3, 0.4) is 0 Å². The number of nitrogens with zero attached hydrogens (tertiary/aromatic N) is 1. The Bertz CT molecular complexity index is 450. The largest absolute Gasteiger partial charge is 0.431 e. The lowest BCUT2D eigenvalue weighted by atomic mass is 10.3. The molecule has 1 heterocycles. The molecule has 3 heteroatoms. The van der Waals surface area contributed by atoms with E-state index in [1.807, 2.05) is 24.3 Å². The molecule has 0 bridgehead atoms. The van der Waals surface area contributed by atoms with Crippen LogP contribution in [-0.2, 0) is 0 Å². The molecule has 1 aromatic carbocycles. The van der Waals surface area contributed by atoms with Crippen LogP contribution in [-0.4, -0.2) is 10.7 Å². The normalized spacial score (nSPS) is 10.5. The molecule has 0 radical (unpaired) electrons. The molecule has 0 aliphatic heterocycles. The minimum atomic E-state index is 0.744. The fraction of sp³-hybridized carbons (Fsp3) is 0.250. The van der Waals surface area contributed by atoms with Crippen molar-refractivity contribution in [2.75, 3.05) is 5.75 Å². The van der Waals surface area contributed by atoms with E-state index >= 15 is 0 Å². The van der Waals surface area contributed by atoms with E-state index < -0.39 is 0 Å². The van der Waals surface area contributed by atoms with Crippen LogP contribution >= 0.6 is 11.8 Å². The molecule has 0 N–H and O–H groups in total. The molecule has 0 amide bonds. The summed E-state index contributed by atoms with van der Waals surface area (Å²) in [6, 6.07) is 7.82. The fourth-order valence-corrected chi connectivity index (χ4v) is 2.06. The van der Waals surface area contributed by atoms with Gasteiger partial charge in [-0.05, 0) is 26.0 Å². The van der Waals surface area contributed by atoms with Crippen LogP contribution in [0.4, 0.5) is 0 Å². The van der Waals surface area contributed by atoms with E-state index in [0.717, 1.165) is 22.1 Å². The molecular formula is C12H13NOS. The predicted octanol–water partition coefficient (Wildman–Crippen LogP) is 3.89. The van der Waals surface area contributed by atoms with Gasteiger partial charge in [0.25, 0.3) is 5.22 Å². The first-order valence-corrected chi connectivity index (χ1v) is 5.86. The van der Waals surface area contributed by atoms with E-state index in [2.05, 4.69) is 24.9 Å². The zero-order valence-electron chi connectivity index (χ0n) is 8.86. The molecule has 0 unspecified atom stereocenters. The number of benzene rings is 1. The lowest BCUT2D eigenvalue weighted by Gasteiger charge is -1.90. The average molecular weight is 219 g/mol. The third-order valence-corrected chi connectivity index (χ3v) is 2.73. The third kappa shape index (κ3) is 2.63. The van der Waals surface area contributed by atoms with Crippen molar-refractivity contribution < 1.29 is 4.42 Å².